The minimum atomic E-state index is -0.960. The molecule has 0 saturated carbocycles. The number of likely N-dealkylation sites (tertiary alicyclic amines) is 1. The Balaban J connectivity index is 2.83. The highest BCUT2D eigenvalue weighted by Gasteiger charge is 2.40. The van der Waals surface area contributed by atoms with E-state index >= 15 is 0 Å². The Morgan fingerprint density at radius 2 is 1.83 bits per heavy atom. The fourth-order valence-corrected chi connectivity index (χ4v) is 1.60. The quantitative estimate of drug-likeness (QED) is 0.407. The summed E-state index contributed by atoms with van der Waals surface area (Å²) in [6, 6.07) is -0.960. The van der Waals surface area contributed by atoms with E-state index in [1.165, 1.54) is 7.05 Å². The average molecular weight is 250 g/mol. The molecule has 6 nitrogen and oxygen atoms in total. The van der Waals surface area contributed by atoms with Crippen molar-refractivity contribution in [2.75, 3.05) is 7.05 Å². The summed E-state index contributed by atoms with van der Waals surface area (Å²) >= 11 is 0. The molecule has 1 atom stereocenters. The third-order valence-corrected chi connectivity index (χ3v) is 2.75. The van der Waals surface area contributed by atoms with Crippen molar-refractivity contribution in [3.63, 3.8) is 0 Å². The molecule has 1 fully saturated rings. The van der Waals surface area contributed by atoms with Gasteiger partial charge in [0.15, 0.2) is 0 Å². The molecular formula is C12H14N2O4. The number of hydrogen-bond acceptors (Lipinski definition) is 4. The van der Waals surface area contributed by atoms with Gasteiger partial charge in [0.25, 0.3) is 11.8 Å². The number of carbonyl (C=O) groups excluding carboxylic acids is 4. The summed E-state index contributed by atoms with van der Waals surface area (Å²) in [5, 5.41) is 2.40. The second-order valence-corrected chi connectivity index (χ2v) is 3.85. The first kappa shape index (κ1) is 13.8. The van der Waals surface area contributed by atoms with Gasteiger partial charge < -0.3 is 10.1 Å². The highest BCUT2D eigenvalue weighted by Crippen LogP contribution is 2.24. The minimum absolute atomic E-state index is 0.00760. The molecule has 0 aromatic carbocycles. The van der Waals surface area contributed by atoms with Crippen LogP contribution in [-0.4, -0.2) is 42.0 Å². The standard InChI is InChI=1S/C12H14N2O4/c1-7-8(2)12(18)14(11(7)17)9(6-15)4-5-10(16)13-3/h6,9H,1-2,4-5H2,3H3,(H,13,16). The third-order valence-electron chi connectivity index (χ3n) is 2.75. The summed E-state index contributed by atoms with van der Waals surface area (Å²) in [7, 11) is 1.47. The van der Waals surface area contributed by atoms with Crippen molar-refractivity contribution in [2.24, 2.45) is 0 Å². The normalized spacial score (nSPS) is 17.1. The number of amides is 3. The molecule has 0 aromatic heterocycles. The van der Waals surface area contributed by atoms with E-state index in [4.69, 9.17) is 0 Å². The number of rotatable bonds is 5. The van der Waals surface area contributed by atoms with Crippen molar-refractivity contribution < 1.29 is 19.2 Å². The van der Waals surface area contributed by atoms with E-state index in [2.05, 4.69) is 18.5 Å². The summed E-state index contributed by atoms with van der Waals surface area (Å²) in [6.07, 6.45) is 0.613. The number of nitrogens with one attached hydrogen (secondary N) is 1. The van der Waals surface area contributed by atoms with Crippen LogP contribution in [0.3, 0.4) is 0 Å². The van der Waals surface area contributed by atoms with Gasteiger partial charge in [-0.3, -0.25) is 19.3 Å². The zero-order valence-electron chi connectivity index (χ0n) is 10.1. The van der Waals surface area contributed by atoms with Crippen LogP contribution in [-0.2, 0) is 19.2 Å². The van der Waals surface area contributed by atoms with Gasteiger partial charge in [-0.2, -0.15) is 0 Å². The summed E-state index contributed by atoms with van der Waals surface area (Å²) in [5.74, 6) is -1.52. The van der Waals surface area contributed by atoms with E-state index in [0.717, 1.165) is 4.90 Å². The molecule has 1 rings (SSSR count). The lowest BCUT2D eigenvalue weighted by atomic mass is 10.1. The molecular weight excluding hydrogens is 236 g/mol. The van der Waals surface area contributed by atoms with E-state index in [1.54, 1.807) is 0 Å². The Bertz CT molecular complexity index is 427. The zero-order valence-corrected chi connectivity index (χ0v) is 10.1. The maximum Gasteiger partial charge on any atom is 0.261 e. The van der Waals surface area contributed by atoms with Gasteiger partial charge in [-0.1, -0.05) is 13.2 Å². The van der Waals surface area contributed by atoms with Crippen molar-refractivity contribution in [3.8, 4) is 0 Å². The average Bonchev–Trinajstić information content (AvgIpc) is 2.56. The molecule has 0 aliphatic carbocycles. The second kappa shape index (κ2) is 5.39. The number of carbonyl (C=O) groups is 4. The lowest BCUT2D eigenvalue weighted by Crippen LogP contribution is -2.41. The molecule has 1 aliphatic rings. The Labute approximate surface area is 104 Å². The highest BCUT2D eigenvalue weighted by molar-refractivity contribution is 6.24. The smallest absolute Gasteiger partial charge is 0.261 e. The highest BCUT2D eigenvalue weighted by atomic mass is 16.2. The molecule has 0 radical (unpaired) electrons. The molecule has 3 amide bonds. The lowest BCUT2D eigenvalue weighted by Gasteiger charge is -2.20. The molecule has 18 heavy (non-hydrogen) atoms. The Hall–Kier alpha value is -2.24. The van der Waals surface area contributed by atoms with Gasteiger partial charge in [-0.05, 0) is 6.42 Å². The first-order valence-corrected chi connectivity index (χ1v) is 5.36. The van der Waals surface area contributed by atoms with E-state index < -0.39 is 17.9 Å². The summed E-state index contributed by atoms with van der Waals surface area (Å²) in [5.41, 5.74) is -0.0152. The molecule has 0 spiro atoms. The van der Waals surface area contributed by atoms with E-state index in [9.17, 15) is 19.2 Å². The molecule has 1 saturated heterocycles. The van der Waals surface area contributed by atoms with Crippen LogP contribution in [0.25, 0.3) is 0 Å². The number of hydrogen-bond donors (Lipinski definition) is 1. The van der Waals surface area contributed by atoms with Crippen molar-refractivity contribution >= 4 is 24.0 Å². The molecule has 1 aliphatic heterocycles. The summed E-state index contributed by atoms with van der Waals surface area (Å²) in [4.78, 5) is 46.3. The van der Waals surface area contributed by atoms with Gasteiger partial charge in [-0.15, -0.1) is 0 Å². The first-order chi connectivity index (χ1) is 8.43. The maximum absolute atomic E-state index is 11.7. The van der Waals surface area contributed by atoms with Crippen LogP contribution in [0.5, 0.6) is 0 Å². The molecule has 0 bridgehead atoms. The predicted octanol–water partition coefficient (Wildman–Crippen LogP) is -0.439. The Morgan fingerprint density at radius 1 is 1.33 bits per heavy atom. The van der Waals surface area contributed by atoms with Gasteiger partial charge in [0.2, 0.25) is 5.91 Å². The van der Waals surface area contributed by atoms with Crippen LogP contribution in [0.15, 0.2) is 24.3 Å². The first-order valence-electron chi connectivity index (χ1n) is 5.36. The molecule has 1 unspecified atom stereocenters. The van der Waals surface area contributed by atoms with Gasteiger partial charge in [0.05, 0.1) is 6.04 Å². The fourth-order valence-electron chi connectivity index (χ4n) is 1.60. The molecule has 1 heterocycles. The largest absolute Gasteiger partial charge is 0.359 e. The van der Waals surface area contributed by atoms with Crippen LogP contribution in [0.2, 0.25) is 0 Å². The lowest BCUT2D eigenvalue weighted by molar-refractivity contribution is -0.142. The molecule has 1 N–H and O–H groups in total. The summed E-state index contributed by atoms with van der Waals surface area (Å²) in [6.45, 7) is 6.88. The maximum atomic E-state index is 11.7. The van der Waals surface area contributed by atoms with Crippen LogP contribution in [0.1, 0.15) is 12.8 Å². The van der Waals surface area contributed by atoms with Gasteiger partial charge >= 0.3 is 0 Å². The van der Waals surface area contributed by atoms with E-state index in [-0.39, 0.29) is 29.9 Å². The monoisotopic (exact) mass is 250 g/mol. The second-order valence-electron chi connectivity index (χ2n) is 3.85. The minimum Gasteiger partial charge on any atom is -0.359 e. The van der Waals surface area contributed by atoms with Crippen molar-refractivity contribution in [1.82, 2.24) is 10.2 Å². The number of aldehydes is 1. The van der Waals surface area contributed by atoms with Crippen LogP contribution in [0, 0.1) is 0 Å². The zero-order chi connectivity index (χ0) is 13.9. The van der Waals surface area contributed by atoms with Crippen molar-refractivity contribution in [1.29, 1.82) is 0 Å². The topological polar surface area (TPSA) is 83.6 Å². The van der Waals surface area contributed by atoms with Crippen LogP contribution in [0.4, 0.5) is 0 Å². The van der Waals surface area contributed by atoms with Gasteiger partial charge in [0, 0.05) is 24.6 Å². The van der Waals surface area contributed by atoms with Gasteiger partial charge in [0.1, 0.15) is 6.29 Å². The molecule has 0 aromatic rings. The summed E-state index contributed by atoms with van der Waals surface area (Å²) < 4.78 is 0. The van der Waals surface area contributed by atoms with Gasteiger partial charge in [-0.25, -0.2) is 0 Å². The molecule has 6 heteroatoms. The van der Waals surface area contributed by atoms with Crippen LogP contribution < -0.4 is 5.32 Å². The predicted molar refractivity (Wildman–Crippen MR) is 63.3 cm³/mol. The Morgan fingerprint density at radius 3 is 2.22 bits per heavy atom. The third kappa shape index (κ3) is 2.37. The van der Waals surface area contributed by atoms with E-state index in [0.29, 0.717) is 6.29 Å². The van der Waals surface area contributed by atoms with E-state index in [1.807, 2.05) is 0 Å². The van der Waals surface area contributed by atoms with Crippen LogP contribution >= 0.6 is 0 Å². The fraction of sp³-hybridized carbons (Fsp3) is 0.333. The number of imide groups is 1. The number of nitrogens with zero attached hydrogens (tertiary/aromatic N) is 1. The SMILES string of the molecule is C=C1C(=C)C(=O)N(C(C=O)CCC(=O)NC)C1=O. The Kier molecular flexibility index (Phi) is 4.14. The molecule has 96 valence electrons. The van der Waals surface area contributed by atoms with Crippen molar-refractivity contribution in [3.05, 3.63) is 24.3 Å². The van der Waals surface area contributed by atoms with Crippen molar-refractivity contribution in [2.45, 2.75) is 18.9 Å².